The van der Waals surface area contributed by atoms with E-state index in [1.165, 1.54) is 0 Å². The lowest BCUT2D eigenvalue weighted by Gasteiger charge is -2.33. The van der Waals surface area contributed by atoms with Crippen LogP contribution in [0.4, 0.5) is 5.69 Å². The second-order valence-electron chi connectivity index (χ2n) is 4.73. The average molecular weight is 209 g/mol. The molecule has 0 aliphatic carbocycles. The minimum absolute atomic E-state index is 0.507. The number of rotatable bonds is 1. The number of aliphatic hydroxyl groups is 1. The molecule has 0 saturated heterocycles. The van der Waals surface area contributed by atoms with E-state index in [0.717, 1.165) is 0 Å². The minimum atomic E-state index is -0.785. The molecule has 3 N–H and O–H groups in total. The van der Waals surface area contributed by atoms with Crippen molar-refractivity contribution < 1.29 is 5.11 Å². The Balaban J connectivity index is 0.000000262. The molecule has 0 aliphatic heterocycles. The van der Waals surface area contributed by atoms with E-state index in [-0.39, 0.29) is 0 Å². The Morgan fingerprint density at radius 3 is 1.87 bits per heavy atom. The van der Waals surface area contributed by atoms with E-state index in [1.807, 2.05) is 7.05 Å². The fourth-order valence-electron chi connectivity index (χ4n) is 0.440. The number of aryl methyl sites for hydroxylation is 1. The van der Waals surface area contributed by atoms with Crippen molar-refractivity contribution in [3.63, 3.8) is 0 Å². The largest absolute Gasteiger partial charge is 0.396 e. The van der Waals surface area contributed by atoms with Gasteiger partial charge in [0.1, 0.15) is 0 Å². The fourth-order valence-corrected chi connectivity index (χ4v) is 0.440. The molecule has 0 unspecified atom stereocenters. The standard InChI is InChI=1S/C6H13BO.C4H7N3/c1-5(2,7)6(3,4)8;1-7-3-4(5)2-6-7/h8H,1-4H3;2-3H,5H2,1H3. The Morgan fingerprint density at radius 1 is 1.40 bits per heavy atom. The third kappa shape index (κ3) is 5.47. The SMILES string of the molecule is Cn1cc(N)cn1.[B]C(C)(C)C(C)(C)O. The summed E-state index contributed by atoms with van der Waals surface area (Å²) in [6.07, 6.45) is 3.36. The van der Waals surface area contributed by atoms with E-state index in [9.17, 15) is 5.11 Å². The summed E-state index contributed by atoms with van der Waals surface area (Å²) in [5.74, 6) is 0. The maximum atomic E-state index is 9.23. The predicted molar refractivity (Wildman–Crippen MR) is 63.7 cm³/mol. The zero-order valence-electron chi connectivity index (χ0n) is 10.2. The molecule has 0 fully saturated rings. The van der Waals surface area contributed by atoms with Gasteiger partial charge in [-0.05, 0) is 19.2 Å². The highest BCUT2D eigenvalue weighted by Crippen LogP contribution is 2.32. The van der Waals surface area contributed by atoms with E-state index in [0.29, 0.717) is 5.69 Å². The van der Waals surface area contributed by atoms with Crippen LogP contribution in [0.2, 0.25) is 5.31 Å². The van der Waals surface area contributed by atoms with Gasteiger partial charge in [0.15, 0.2) is 0 Å². The highest BCUT2D eigenvalue weighted by Gasteiger charge is 2.28. The molecule has 4 nitrogen and oxygen atoms in total. The second kappa shape index (κ2) is 4.70. The van der Waals surface area contributed by atoms with Gasteiger partial charge in [0.2, 0.25) is 0 Å². The smallest absolute Gasteiger partial charge is 0.0777 e. The third-order valence-corrected chi connectivity index (χ3v) is 2.30. The molecule has 15 heavy (non-hydrogen) atoms. The van der Waals surface area contributed by atoms with Crippen molar-refractivity contribution in [2.24, 2.45) is 7.05 Å². The van der Waals surface area contributed by atoms with Gasteiger partial charge in [0.25, 0.3) is 0 Å². The molecule has 2 radical (unpaired) electrons. The van der Waals surface area contributed by atoms with E-state index >= 15 is 0 Å². The first-order chi connectivity index (χ1) is 6.54. The van der Waals surface area contributed by atoms with Crippen LogP contribution in [0, 0.1) is 0 Å². The predicted octanol–water partition coefficient (Wildman–Crippen LogP) is 1.13. The Bertz CT molecular complexity index is 268. The normalized spacial score (nSPS) is 11.9. The van der Waals surface area contributed by atoms with Gasteiger partial charge in [-0.25, -0.2) is 0 Å². The van der Waals surface area contributed by atoms with Crippen molar-refractivity contribution in [2.75, 3.05) is 5.73 Å². The summed E-state index contributed by atoms with van der Waals surface area (Å²) in [5, 5.41) is 12.5. The first-order valence-corrected chi connectivity index (χ1v) is 4.79. The summed E-state index contributed by atoms with van der Waals surface area (Å²) in [7, 11) is 7.39. The molecule has 0 bridgehead atoms. The number of hydrogen-bond donors (Lipinski definition) is 2. The molecular weight excluding hydrogens is 189 g/mol. The monoisotopic (exact) mass is 209 g/mol. The number of nitrogens with two attached hydrogens (primary N) is 1. The van der Waals surface area contributed by atoms with Gasteiger partial charge < -0.3 is 10.8 Å². The summed E-state index contributed by atoms with van der Waals surface area (Å²) >= 11 is 0. The summed E-state index contributed by atoms with van der Waals surface area (Å²) in [4.78, 5) is 0. The third-order valence-electron chi connectivity index (χ3n) is 2.30. The summed E-state index contributed by atoms with van der Waals surface area (Å²) < 4.78 is 1.66. The summed E-state index contributed by atoms with van der Waals surface area (Å²) in [5.41, 5.74) is 5.22. The highest BCUT2D eigenvalue weighted by molar-refractivity contribution is 6.15. The summed E-state index contributed by atoms with van der Waals surface area (Å²) in [6.45, 7) is 7.00. The lowest BCUT2D eigenvalue weighted by Crippen LogP contribution is -2.33. The Hall–Kier alpha value is -0.965. The van der Waals surface area contributed by atoms with Crippen LogP contribution in [0.3, 0.4) is 0 Å². The topological polar surface area (TPSA) is 64.1 Å². The Kier molecular flexibility index (Phi) is 4.40. The van der Waals surface area contributed by atoms with Crippen LogP contribution >= 0.6 is 0 Å². The molecular formula is C10H20BN3O. The highest BCUT2D eigenvalue weighted by atomic mass is 16.3. The number of nitrogens with zero attached hydrogens (tertiary/aromatic N) is 2. The van der Waals surface area contributed by atoms with Crippen molar-refractivity contribution in [1.29, 1.82) is 0 Å². The van der Waals surface area contributed by atoms with Gasteiger partial charge >= 0.3 is 0 Å². The van der Waals surface area contributed by atoms with E-state index in [2.05, 4.69) is 5.10 Å². The molecule has 1 heterocycles. The second-order valence-corrected chi connectivity index (χ2v) is 4.73. The van der Waals surface area contributed by atoms with Gasteiger partial charge in [-0.1, -0.05) is 13.8 Å². The van der Waals surface area contributed by atoms with Gasteiger partial charge in [0.05, 0.1) is 25.3 Å². The molecule has 0 amide bonds. The number of hydrogen-bond acceptors (Lipinski definition) is 3. The van der Waals surface area contributed by atoms with Gasteiger partial charge in [-0.15, -0.1) is 0 Å². The first-order valence-electron chi connectivity index (χ1n) is 4.79. The molecule has 0 aromatic carbocycles. The van der Waals surface area contributed by atoms with E-state index in [4.69, 9.17) is 13.6 Å². The zero-order chi connectivity index (χ0) is 12.3. The summed E-state index contributed by atoms with van der Waals surface area (Å²) in [6, 6.07) is 0. The molecule has 1 aromatic heterocycles. The first kappa shape index (κ1) is 14.0. The Labute approximate surface area is 92.9 Å². The molecule has 1 rings (SSSR count). The maximum absolute atomic E-state index is 9.23. The van der Waals surface area contributed by atoms with Crippen LogP contribution in [-0.2, 0) is 7.05 Å². The average Bonchev–Trinajstić information content (AvgIpc) is 2.31. The maximum Gasteiger partial charge on any atom is 0.0777 e. The van der Waals surface area contributed by atoms with Gasteiger partial charge in [0, 0.05) is 13.2 Å². The quantitative estimate of drug-likeness (QED) is 0.681. The zero-order valence-corrected chi connectivity index (χ0v) is 10.2. The lowest BCUT2D eigenvalue weighted by molar-refractivity contribution is 0.0420. The number of anilines is 1. The molecule has 0 spiro atoms. The molecule has 0 aliphatic rings. The van der Waals surface area contributed by atoms with Crippen LogP contribution in [0.5, 0.6) is 0 Å². The van der Waals surface area contributed by atoms with Crippen molar-refractivity contribution in [3.8, 4) is 0 Å². The lowest BCUT2D eigenvalue weighted by atomic mass is 9.62. The molecule has 1 aromatic rings. The number of aromatic nitrogens is 2. The molecule has 5 heteroatoms. The van der Waals surface area contributed by atoms with Crippen LogP contribution in [-0.4, -0.2) is 28.3 Å². The van der Waals surface area contributed by atoms with Crippen LogP contribution in [0.15, 0.2) is 12.4 Å². The van der Waals surface area contributed by atoms with E-state index < -0.39 is 10.9 Å². The van der Waals surface area contributed by atoms with Crippen molar-refractivity contribution in [1.82, 2.24) is 9.78 Å². The van der Waals surface area contributed by atoms with Crippen LogP contribution < -0.4 is 5.73 Å². The Morgan fingerprint density at radius 2 is 1.80 bits per heavy atom. The molecule has 0 atom stereocenters. The molecule has 84 valence electrons. The van der Waals surface area contributed by atoms with Crippen LogP contribution in [0.25, 0.3) is 0 Å². The van der Waals surface area contributed by atoms with E-state index in [1.54, 1.807) is 44.8 Å². The van der Waals surface area contributed by atoms with Gasteiger partial charge in [-0.3, -0.25) is 4.68 Å². The van der Waals surface area contributed by atoms with Crippen molar-refractivity contribution in [3.05, 3.63) is 12.4 Å². The van der Waals surface area contributed by atoms with Gasteiger partial charge in [-0.2, -0.15) is 5.10 Å². The minimum Gasteiger partial charge on any atom is -0.396 e. The van der Waals surface area contributed by atoms with Crippen LogP contribution in [0.1, 0.15) is 27.7 Å². The fraction of sp³-hybridized carbons (Fsp3) is 0.700. The van der Waals surface area contributed by atoms with Crippen molar-refractivity contribution >= 4 is 13.5 Å². The number of nitrogen functional groups attached to an aromatic ring is 1. The van der Waals surface area contributed by atoms with Crippen molar-refractivity contribution in [2.45, 2.75) is 38.6 Å². The molecule has 0 saturated carbocycles.